The molecular weight excluding hydrogens is 302 g/mol. The van der Waals surface area contributed by atoms with Crippen LogP contribution in [0.5, 0.6) is 11.5 Å². The van der Waals surface area contributed by atoms with E-state index in [4.69, 9.17) is 15.2 Å². The maximum absolute atomic E-state index is 12.2. The van der Waals surface area contributed by atoms with Crippen molar-refractivity contribution in [3.63, 3.8) is 0 Å². The molecule has 1 amide bonds. The van der Waals surface area contributed by atoms with Crippen LogP contribution in [0.15, 0.2) is 23.6 Å². The molecule has 0 spiro atoms. The van der Waals surface area contributed by atoms with E-state index in [2.05, 4.69) is 10.3 Å². The molecule has 0 saturated heterocycles. The topological polar surface area (TPSA) is 86.5 Å². The van der Waals surface area contributed by atoms with E-state index in [1.54, 1.807) is 37.8 Å². The largest absolute Gasteiger partial charge is 0.497 e. The van der Waals surface area contributed by atoms with E-state index in [0.717, 1.165) is 11.4 Å². The molecule has 1 heterocycles. The van der Waals surface area contributed by atoms with Crippen molar-refractivity contribution >= 4 is 22.9 Å². The average molecular weight is 321 g/mol. The van der Waals surface area contributed by atoms with E-state index < -0.39 is 0 Å². The Kier molecular flexibility index (Phi) is 5.35. The van der Waals surface area contributed by atoms with Gasteiger partial charge in [-0.1, -0.05) is 6.92 Å². The minimum Gasteiger partial charge on any atom is -0.497 e. The highest BCUT2D eigenvalue weighted by atomic mass is 32.1. The zero-order valence-electron chi connectivity index (χ0n) is 12.8. The molecule has 6 nitrogen and oxygen atoms in total. The van der Waals surface area contributed by atoms with E-state index in [0.29, 0.717) is 22.9 Å². The highest BCUT2D eigenvalue weighted by molar-refractivity contribution is 7.09. The molecule has 3 N–H and O–H groups in total. The molecule has 0 radical (unpaired) electrons. The third-order valence-electron chi connectivity index (χ3n) is 3.12. The number of hydrogen-bond donors (Lipinski definition) is 2. The monoisotopic (exact) mass is 321 g/mol. The molecule has 0 aliphatic carbocycles. The minimum absolute atomic E-state index is 0.136. The number of carbonyl (C=O) groups excluding carboxylic acids is 1. The van der Waals surface area contributed by atoms with Crippen molar-refractivity contribution < 1.29 is 14.3 Å². The Bertz CT molecular complexity index is 635. The molecule has 2 rings (SSSR count). The Balaban J connectivity index is 2.16. The van der Waals surface area contributed by atoms with Gasteiger partial charge in [-0.3, -0.25) is 4.79 Å². The fraction of sp³-hybridized carbons (Fsp3) is 0.333. The van der Waals surface area contributed by atoms with Gasteiger partial charge in [-0.2, -0.15) is 0 Å². The summed E-state index contributed by atoms with van der Waals surface area (Å²) >= 11 is 1.39. The van der Waals surface area contributed by atoms with E-state index in [1.165, 1.54) is 11.3 Å². The maximum Gasteiger partial charge on any atom is 0.275 e. The van der Waals surface area contributed by atoms with Gasteiger partial charge in [-0.25, -0.2) is 4.98 Å². The smallest absolute Gasteiger partial charge is 0.275 e. The lowest BCUT2D eigenvalue weighted by Crippen LogP contribution is -2.14. The molecule has 1 unspecified atom stereocenters. The second kappa shape index (κ2) is 7.24. The number of nitrogens with two attached hydrogens (primary N) is 1. The van der Waals surface area contributed by atoms with E-state index in [-0.39, 0.29) is 11.9 Å². The van der Waals surface area contributed by atoms with Gasteiger partial charge in [-0.05, 0) is 6.42 Å². The summed E-state index contributed by atoms with van der Waals surface area (Å²) in [6.07, 6.45) is 0.779. The number of amides is 1. The Morgan fingerprint density at radius 3 is 2.50 bits per heavy atom. The van der Waals surface area contributed by atoms with Crippen LogP contribution in [0.25, 0.3) is 0 Å². The van der Waals surface area contributed by atoms with Gasteiger partial charge in [0.05, 0.1) is 20.3 Å². The van der Waals surface area contributed by atoms with Gasteiger partial charge < -0.3 is 20.5 Å². The SMILES string of the molecule is CCC(N)c1nc(C(=O)Nc2cc(OC)cc(OC)c2)cs1. The van der Waals surface area contributed by atoms with Crippen LogP contribution in [0.2, 0.25) is 0 Å². The fourth-order valence-corrected chi connectivity index (χ4v) is 2.70. The second-order valence-corrected chi connectivity index (χ2v) is 5.53. The third kappa shape index (κ3) is 3.75. The first-order chi connectivity index (χ1) is 10.6. The third-order valence-corrected chi connectivity index (χ3v) is 4.10. The zero-order chi connectivity index (χ0) is 16.1. The number of benzene rings is 1. The molecule has 1 aromatic carbocycles. The number of thiazole rings is 1. The molecule has 0 saturated carbocycles. The predicted molar refractivity (Wildman–Crippen MR) is 86.8 cm³/mol. The van der Waals surface area contributed by atoms with Crippen molar-refractivity contribution in [2.45, 2.75) is 19.4 Å². The molecule has 118 valence electrons. The van der Waals surface area contributed by atoms with E-state index in [1.807, 2.05) is 6.92 Å². The molecule has 1 aromatic heterocycles. The van der Waals surface area contributed by atoms with Crippen molar-refractivity contribution in [1.29, 1.82) is 0 Å². The van der Waals surface area contributed by atoms with Crippen LogP contribution in [0.3, 0.4) is 0 Å². The van der Waals surface area contributed by atoms with Gasteiger partial charge in [0.2, 0.25) is 0 Å². The highest BCUT2D eigenvalue weighted by Crippen LogP contribution is 2.26. The second-order valence-electron chi connectivity index (χ2n) is 4.64. The van der Waals surface area contributed by atoms with Crippen LogP contribution in [0, 0.1) is 0 Å². The molecule has 7 heteroatoms. The molecule has 1 atom stereocenters. The quantitative estimate of drug-likeness (QED) is 0.854. The zero-order valence-corrected chi connectivity index (χ0v) is 13.6. The summed E-state index contributed by atoms with van der Waals surface area (Å²) in [6, 6.07) is 5.02. The van der Waals surface area contributed by atoms with Crippen molar-refractivity contribution in [3.8, 4) is 11.5 Å². The number of anilines is 1. The molecule has 0 bridgehead atoms. The first-order valence-electron chi connectivity index (χ1n) is 6.82. The standard InChI is InChI=1S/C15H19N3O3S/c1-4-12(16)15-18-13(8-22-15)14(19)17-9-5-10(20-2)7-11(6-9)21-3/h5-8,12H,4,16H2,1-3H3,(H,17,19). The fourth-order valence-electron chi connectivity index (χ4n) is 1.81. The first kappa shape index (κ1) is 16.3. The number of rotatable bonds is 6. The molecule has 22 heavy (non-hydrogen) atoms. The summed E-state index contributed by atoms with van der Waals surface area (Å²) in [5, 5.41) is 5.25. The Morgan fingerprint density at radius 1 is 1.32 bits per heavy atom. The van der Waals surface area contributed by atoms with Gasteiger partial charge in [0, 0.05) is 29.3 Å². The molecule has 0 fully saturated rings. The summed E-state index contributed by atoms with van der Waals surface area (Å²) < 4.78 is 10.3. The van der Waals surface area contributed by atoms with Crippen molar-refractivity contribution in [3.05, 3.63) is 34.3 Å². The number of hydrogen-bond acceptors (Lipinski definition) is 6. The number of aromatic nitrogens is 1. The van der Waals surface area contributed by atoms with Crippen LogP contribution >= 0.6 is 11.3 Å². The average Bonchev–Trinajstić information content (AvgIpc) is 3.03. The number of methoxy groups -OCH3 is 2. The normalized spacial score (nSPS) is 11.8. The molecular formula is C15H19N3O3S. The number of ether oxygens (including phenoxy) is 2. The summed E-state index contributed by atoms with van der Waals surface area (Å²) in [4.78, 5) is 16.5. The number of carbonyl (C=O) groups is 1. The predicted octanol–water partition coefficient (Wildman–Crippen LogP) is 2.82. The van der Waals surface area contributed by atoms with Crippen molar-refractivity contribution in [1.82, 2.24) is 4.98 Å². The van der Waals surface area contributed by atoms with Gasteiger partial charge >= 0.3 is 0 Å². The number of nitrogens with one attached hydrogen (secondary N) is 1. The van der Waals surface area contributed by atoms with Crippen LogP contribution in [-0.4, -0.2) is 25.1 Å². The van der Waals surface area contributed by atoms with E-state index in [9.17, 15) is 4.79 Å². The van der Waals surface area contributed by atoms with Gasteiger partial charge in [0.25, 0.3) is 5.91 Å². The van der Waals surface area contributed by atoms with Gasteiger partial charge in [-0.15, -0.1) is 11.3 Å². The van der Waals surface area contributed by atoms with Crippen LogP contribution in [0.1, 0.15) is 34.9 Å². The lowest BCUT2D eigenvalue weighted by atomic mass is 10.2. The molecule has 2 aromatic rings. The van der Waals surface area contributed by atoms with Crippen LogP contribution in [0.4, 0.5) is 5.69 Å². The minimum atomic E-state index is -0.291. The first-order valence-corrected chi connectivity index (χ1v) is 7.70. The Hall–Kier alpha value is -2.12. The summed E-state index contributed by atoms with van der Waals surface area (Å²) in [6.45, 7) is 1.98. The van der Waals surface area contributed by atoms with Gasteiger partial charge in [0.1, 0.15) is 22.2 Å². The van der Waals surface area contributed by atoms with Crippen LogP contribution in [-0.2, 0) is 0 Å². The van der Waals surface area contributed by atoms with Crippen LogP contribution < -0.4 is 20.5 Å². The Labute approximate surface area is 133 Å². The summed E-state index contributed by atoms with van der Waals surface area (Å²) in [7, 11) is 3.11. The Morgan fingerprint density at radius 2 is 1.95 bits per heavy atom. The highest BCUT2D eigenvalue weighted by Gasteiger charge is 2.15. The summed E-state index contributed by atoms with van der Waals surface area (Å²) in [5.41, 5.74) is 6.85. The number of nitrogens with zero attached hydrogens (tertiary/aromatic N) is 1. The maximum atomic E-state index is 12.2. The van der Waals surface area contributed by atoms with Crippen molar-refractivity contribution in [2.75, 3.05) is 19.5 Å². The molecule has 0 aliphatic heterocycles. The summed E-state index contributed by atoms with van der Waals surface area (Å²) in [5.74, 6) is 0.907. The van der Waals surface area contributed by atoms with Gasteiger partial charge in [0.15, 0.2) is 0 Å². The molecule has 0 aliphatic rings. The van der Waals surface area contributed by atoms with E-state index >= 15 is 0 Å². The van der Waals surface area contributed by atoms with Crippen molar-refractivity contribution in [2.24, 2.45) is 5.73 Å². The lowest BCUT2D eigenvalue weighted by molar-refractivity contribution is 0.102. The lowest BCUT2D eigenvalue weighted by Gasteiger charge is -2.09.